The van der Waals surface area contributed by atoms with Crippen LogP contribution in [0.25, 0.3) is 0 Å². The monoisotopic (exact) mass is 375 g/mol. The molecule has 0 fully saturated rings. The molecule has 0 heterocycles. The molecule has 0 radical (unpaired) electrons. The molecule has 1 rings (SSSR count). The summed E-state index contributed by atoms with van der Waals surface area (Å²) in [5, 5.41) is 3.08. The van der Waals surface area contributed by atoms with Gasteiger partial charge in [0.05, 0.1) is 10.9 Å². The maximum absolute atomic E-state index is 12.0. The van der Waals surface area contributed by atoms with Gasteiger partial charge in [0.2, 0.25) is 5.91 Å². The smallest absolute Gasteiger partial charge is 0.234 e. The van der Waals surface area contributed by atoms with Crippen LogP contribution in [0.3, 0.4) is 0 Å². The van der Waals surface area contributed by atoms with E-state index >= 15 is 0 Å². The van der Waals surface area contributed by atoms with Crippen molar-refractivity contribution in [2.45, 2.75) is 38.1 Å². The highest BCUT2D eigenvalue weighted by atomic mass is 79.9. The predicted octanol–water partition coefficient (Wildman–Crippen LogP) is 4.44. The molecule has 4 heteroatoms. The molecule has 1 aromatic carbocycles. The highest BCUT2D eigenvalue weighted by Crippen LogP contribution is 2.21. The minimum absolute atomic E-state index is 0.0553. The van der Waals surface area contributed by atoms with Crippen LogP contribution in [0.5, 0.6) is 0 Å². The Kier molecular flexibility index (Phi) is 6.36. The first-order valence-corrected chi connectivity index (χ1v) is 7.86. The zero-order valence-electron chi connectivity index (χ0n) is 10.9. The topological polar surface area (TPSA) is 29.1 Å². The maximum Gasteiger partial charge on any atom is 0.234 e. The second kappa shape index (κ2) is 7.29. The van der Waals surface area contributed by atoms with Gasteiger partial charge in [-0.3, -0.25) is 4.79 Å². The van der Waals surface area contributed by atoms with Crippen LogP contribution in [-0.4, -0.2) is 10.7 Å². The van der Waals surface area contributed by atoms with Crippen molar-refractivity contribution in [3.05, 3.63) is 34.3 Å². The Morgan fingerprint density at radius 1 is 1.28 bits per heavy atom. The van der Waals surface area contributed by atoms with Crippen LogP contribution in [-0.2, 0) is 4.79 Å². The molecule has 0 saturated heterocycles. The van der Waals surface area contributed by atoms with Crippen molar-refractivity contribution in [1.82, 2.24) is 5.32 Å². The lowest BCUT2D eigenvalue weighted by atomic mass is 10.0. The van der Waals surface area contributed by atoms with Crippen molar-refractivity contribution in [3.63, 3.8) is 0 Å². The quantitative estimate of drug-likeness (QED) is 0.756. The molecular formula is C14H19Br2NO. The summed E-state index contributed by atoms with van der Waals surface area (Å²) in [6, 6.07) is 8.15. The van der Waals surface area contributed by atoms with E-state index in [-0.39, 0.29) is 22.7 Å². The van der Waals surface area contributed by atoms with E-state index in [1.54, 1.807) is 0 Å². The molecule has 2 nitrogen and oxygen atoms in total. The lowest BCUT2D eigenvalue weighted by Gasteiger charge is -2.21. The van der Waals surface area contributed by atoms with E-state index in [1.165, 1.54) is 0 Å². The second-order valence-electron chi connectivity index (χ2n) is 4.67. The SMILES string of the molecule is CCC(NC(=O)C(Br)C(C)C)c1ccc(Br)cc1. The Hall–Kier alpha value is -0.350. The van der Waals surface area contributed by atoms with Gasteiger partial charge in [0.25, 0.3) is 0 Å². The molecule has 2 atom stereocenters. The third-order valence-corrected chi connectivity index (χ3v) is 4.83. The van der Waals surface area contributed by atoms with Crippen molar-refractivity contribution in [2.24, 2.45) is 5.92 Å². The number of alkyl halides is 1. The summed E-state index contributed by atoms with van der Waals surface area (Å²) in [6.45, 7) is 6.13. The van der Waals surface area contributed by atoms with Crippen LogP contribution in [0.4, 0.5) is 0 Å². The van der Waals surface area contributed by atoms with Gasteiger partial charge < -0.3 is 5.32 Å². The van der Waals surface area contributed by atoms with Crippen molar-refractivity contribution in [3.8, 4) is 0 Å². The van der Waals surface area contributed by atoms with Crippen LogP contribution in [0.15, 0.2) is 28.7 Å². The van der Waals surface area contributed by atoms with Crippen LogP contribution >= 0.6 is 31.9 Å². The Morgan fingerprint density at radius 3 is 2.28 bits per heavy atom. The Bertz CT molecular complexity index is 389. The van der Waals surface area contributed by atoms with Crippen LogP contribution in [0.1, 0.15) is 38.8 Å². The number of nitrogens with one attached hydrogen (secondary N) is 1. The molecule has 0 aromatic heterocycles. The average Bonchev–Trinajstić information content (AvgIpc) is 2.35. The number of rotatable bonds is 5. The molecule has 1 amide bonds. The van der Waals surface area contributed by atoms with E-state index < -0.39 is 0 Å². The highest BCUT2D eigenvalue weighted by Gasteiger charge is 2.21. The summed E-state index contributed by atoms with van der Waals surface area (Å²) in [6.07, 6.45) is 0.880. The van der Waals surface area contributed by atoms with Crippen LogP contribution < -0.4 is 5.32 Å². The lowest BCUT2D eigenvalue weighted by Crippen LogP contribution is -2.36. The van der Waals surface area contributed by atoms with E-state index in [9.17, 15) is 4.79 Å². The summed E-state index contributed by atoms with van der Waals surface area (Å²) in [5.74, 6) is 0.340. The first-order chi connectivity index (χ1) is 8.45. The van der Waals surface area contributed by atoms with Gasteiger partial charge in [0.1, 0.15) is 0 Å². The maximum atomic E-state index is 12.0. The van der Waals surface area contributed by atoms with E-state index in [2.05, 4.69) is 44.1 Å². The fourth-order valence-corrected chi connectivity index (χ4v) is 2.07. The highest BCUT2D eigenvalue weighted by molar-refractivity contribution is 9.10. The molecule has 1 aromatic rings. The van der Waals surface area contributed by atoms with Gasteiger partial charge >= 0.3 is 0 Å². The molecule has 0 aliphatic carbocycles. The second-order valence-corrected chi connectivity index (χ2v) is 6.57. The van der Waals surface area contributed by atoms with Gasteiger partial charge in [-0.05, 0) is 30.0 Å². The van der Waals surface area contributed by atoms with Crippen molar-refractivity contribution in [1.29, 1.82) is 0 Å². The minimum atomic E-state index is -0.137. The Morgan fingerprint density at radius 2 is 1.83 bits per heavy atom. The number of carbonyl (C=O) groups is 1. The van der Waals surface area contributed by atoms with Gasteiger partial charge in [-0.15, -0.1) is 0 Å². The molecule has 100 valence electrons. The first kappa shape index (κ1) is 15.7. The molecule has 0 bridgehead atoms. The van der Waals surface area contributed by atoms with Crippen molar-refractivity contribution in [2.75, 3.05) is 0 Å². The molecule has 1 N–H and O–H groups in total. The summed E-state index contributed by atoms with van der Waals surface area (Å²) in [7, 11) is 0. The summed E-state index contributed by atoms with van der Waals surface area (Å²) in [4.78, 5) is 11.9. The van der Waals surface area contributed by atoms with Crippen molar-refractivity contribution < 1.29 is 4.79 Å². The number of carbonyl (C=O) groups excluding carboxylic acids is 1. The Labute approximate surface area is 126 Å². The Balaban J connectivity index is 2.73. The third-order valence-electron chi connectivity index (χ3n) is 2.83. The van der Waals surface area contributed by atoms with Crippen molar-refractivity contribution >= 4 is 37.8 Å². The molecule has 18 heavy (non-hydrogen) atoms. The number of hydrogen-bond donors (Lipinski definition) is 1. The van der Waals surface area contributed by atoms with Gasteiger partial charge in [-0.25, -0.2) is 0 Å². The van der Waals surface area contributed by atoms with Crippen LogP contribution in [0.2, 0.25) is 0 Å². The van der Waals surface area contributed by atoms with E-state index in [1.807, 2.05) is 38.1 Å². The fraction of sp³-hybridized carbons (Fsp3) is 0.500. The van der Waals surface area contributed by atoms with E-state index in [0.29, 0.717) is 0 Å². The number of amides is 1. The van der Waals surface area contributed by atoms with Gasteiger partial charge in [-0.1, -0.05) is 64.8 Å². The van der Waals surface area contributed by atoms with Gasteiger partial charge in [0.15, 0.2) is 0 Å². The molecule has 0 saturated carbocycles. The third kappa shape index (κ3) is 4.39. The van der Waals surface area contributed by atoms with Gasteiger partial charge in [-0.2, -0.15) is 0 Å². The predicted molar refractivity (Wildman–Crippen MR) is 82.9 cm³/mol. The average molecular weight is 377 g/mol. The van der Waals surface area contributed by atoms with Crippen LogP contribution in [0, 0.1) is 5.92 Å². The molecule has 2 unspecified atom stereocenters. The molecule has 0 aliphatic heterocycles. The largest absolute Gasteiger partial charge is 0.348 e. The zero-order chi connectivity index (χ0) is 13.7. The first-order valence-electron chi connectivity index (χ1n) is 6.15. The molecular weight excluding hydrogens is 358 g/mol. The standard InChI is InChI=1S/C14H19Br2NO/c1-4-12(10-5-7-11(15)8-6-10)17-14(18)13(16)9(2)3/h5-9,12-13H,4H2,1-3H3,(H,17,18). The molecule has 0 spiro atoms. The fourth-order valence-electron chi connectivity index (χ4n) is 1.67. The lowest BCUT2D eigenvalue weighted by molar-refractivity contribution is -0.121. The summed E-state index contributed by atoms with van der Waals surface area (Å²) in [5.41, 5.74) is 1.14. The van der Waals surface area contributed by atoms with E-state index in [4.69, 9.17) is 0 Å². The number of hydrogen-bond acceptors (Lipinski definition) is 1. The van der Waals surface area contributed by atoms with E-state index in [0.717, 1.165) is 16.5 Å². The normalized spacial score (nSPS) is 14.3. The molecule has 0 aliphatic rings. The minimum Gasteiger partial charge on any atom is -0.348 e. The summed E-state index contributed by atoms with van der Waals surface area (Å²) < 4.78 is 1.05. The number of benzene rings is 1. The summed E-state index contributed by atoms with van der Waals surface area (Å²) >= 11 is 6.84. The zero-order valence-corrected chi connectivity index (χ0v) is 14.1. The number of halogens is 2. The van der Waals surface area contributed by atoms with Gasteiger partial charge in [0, 0.05) is 4.47 Å².